The summed E-state index contributed by atoms with van der Waals surface area (Å²) in [5.74, 6) is 0.805. The molecule has 0 saturated carbocycles. The number of pyridine rings is 1. The smallest absolute Gasteiger partial charge is 0.410 e. The fourth-order valence-electron chi connectivity index (χ4n) is 3.37. The highest BCUT2D eigenvalue weighted by Gasteiger charge is 2.26. The monoisotopic (exact) mass is 459 g/mol. The van der Waals surface area contributed by atoms with E-state index < -0.39 is 13.7 Å². The van der Waals surface area contributed by atoms with E-state index in [0.717, 1.165) is 42.9 Å². The van der Waals surface area contributed by atoms with Gasteiger partial charge >= 0.3 is 6.09 Å². The molecule has 0 N–H and O–H groups in total. The lowest BCUT2D eigenvalue weighted by Gasteiger charge is -2.36. The summed E-state index contributed by atoms with van der Waals surface area (Å²) in [6.07, 6.45) is 5.34. The average Bonchev–Trinajstić information content (AvgIpc) is 3.18. The highest BCUT2D eigenvalue weighted by atomic mass is 28.3. The number of carbonyl (C=O) groups is 1. The maximum Gasteiger partial charge on any atom is 0.410 e. The lowest BCUT2D eigenvalue weighted by Crippen LogP contribution is -2.50. The number of rotatable bonds is 7. The van der Waals surface area contributed by atoms with Gasteiger partial charge < -0.3 is 23.8 Å². The zero-order valence-electron chi connectivity index (χ0n) is 20.3. The van der Waals surface area contributed by atoms with Crippen molar-refractivity contribution >= 4 is 19.9 Å². The maximum atomic E-state index is 12.3. The molecule has 0 atom stereocenters. The molecule has 1 aliphatic rings. The number of aromatic nitrogens is 3. The fourth-order valence-corrected chi connectivity index (χ4v) is 4.12. The van der Waals surface area contributed by atoms with Gasteiger partial charge in [0.2, 0.25) is 0 Å². The van der Waals surface area contributed by atoms with Crippen molar-refractivity contribution in [3.05, 3.63) is 30.7 Å². The highest BCUT2D eigenvalue weighted by Crippen LogP contribution is 2.21. The summed E-state index contributed by atoms with van der Waals surface area (Å²) in [4.78, 5) is 25.4. The molecule has 32 heavy (non-hydrogen) atoms. The van der Waals surface area contributed by atoms with Gasteiger partial charge in [-0.05, 0) is 38.9 Å². The molecule has 2 aromatic heterocycles. The number of anilines is 1. The Hall–Kier alpha value is -2.39. The third-order valence-electron chi connectivity index (χ3n) is 5.22. The van der Waals surface area contributed by atoms with E-state index in [2.05, 4.69) is 40.6 Å². The lowest BCUT2D eigenvalue weighted by atomic mass is 10.2. The van der Waals surface area contributed by atoms with Crippen molar-refractivity contribution < 1.29 is 14.3 Å². The Morgan fingerprint density at radius 2 is 1.81 bits per heavy atom. The summed E-state index contributed by atoms with van der Waals surface area (Å²) in [6.45, 7) is 16.7. The van der Waals surface area contributed by atoms with Crippen LogP contribution in [0.25, 0.3) is 11.5 Å². The van der Waals surface area contributed by atoms with Crippen LogP contribution in [0.1, 0.15) is 20.8 Å². The Morgan fingerprint density at radius 1 is 1.09 bits per heavy atom. The summed E-state index contributed by atoms with van der Waals surface area (Å²) in [6, 6.07) is 5.21. The first-order chi connectivity index (χ1) is 15.0. The van der Waals surface area contributed by atoms with E-state index in [1.54, 1.807) is 11.1 Å². The zero-order chi connectivity index (χ0) is 23.4. The van der Waals surface area contributed by atoms with Crippen molar-refractivity contribution in [2.24, 2.45) is 0 Å². The number of amides is 1. The van der Waals surface area contributed by atoms with Crippen molar-refractivity contribution in [2.75, 3.05) is 37.7 Å². The van der Waals surface area contributed by atoms with Crippen LogP contribution >= 0.6 is 0 Å². The van der Waals surface area contributed by atoms with E-state index in [1.165, 1.54) is 0 Å². The van der Waals surface area contributed by atoms with E-state index >= 15 is 0 Å². The lowest BCUT2D eigenvalue weighted by molar-refractivity contribution is 0.0240. The number of ether oxygens (including phenoxy) is 2. The molecule has 8 nitrogen and oxygen atoms in total. The first-order valence-corrected chi connectivity index (χ1v) is 15.0. The van der Waals surface area contributed by atoms with Gasteiger partial charge in [0.05, 0.1) is 11.9 Å². The Bertz CT molecular complexity index is 878. The van der Waals surface area contributed by atoms with Crippen molar-refractivity contribution in [1.29, 1.82) is 0 Å². The minimum Gasteiger partial charge on any atom is -0.444 e. The summed E-state index contributed by atoms with van der Waals surface area (Å²) in [5.41, 5.74) is 1.39. The number of hydrogen-bond acceptors (Lipinski definition) is 6. The molecule has 9 heteroatoms. The standard InChI is InChI=1S/C23H37N5O3Si/c1-23(2,3)31-22(29)27-13-11-26(12-14-27)19-7-8-20(25-17-19)21-24-9-10-28(21)18-30-15-16-32(4,5)6/h7-10,17H,11-16,18H2,1-6H3. The van der Waals surface area contributed by atoms with Crippen molar-refractivity contribution in [3.63, 3.8) is 0 Å². The molecule has 3 heterocycles. The summed E-state index contributed by atoms with van der Waals surface area (Å²) >= 11 is 0. The Labute approximate surface area is 192 Å². The predicted molar refractivity (Wildman–Crippen MR) is 130 cm³/mol. The second-order valence-electron chi connectivity index (χ2n) is 10.4. The van der Waals surface area contributed by atoms with Crippen LogP contribution in [-0.4, -0.2) is 72.0 Å². The molecule has 0 aliphatic carbocycles. The van der Waals surface area contributed by atoms with Gasteiger partial charge in [0.25, 0.3) is 0 Å². The van der Waals surface area contributed by atoms with Crippen LogP contribution in [0, 0.1) is 0 Å². The molecular weight excluding hydrogens is 422 g/mol. The molecule has 0 unspecified atom stereocenters. The van der Waals surface area contributed by atoms with Crippen LogP contribution in [-0.2, 0) is 16.2 Å². The van der Waals surface area contributed by atoms with Crippen LogP contribution < -0.4 is 4.90 Å². The average molecular weight is 460 g/mol. The van der Waals surface area contributed by atoms with Gasteiger partial charge in [0, 0.05) is 53.3 Å². The van der Waals surface area contributed by atoms with Gasteiger partial charge in [-0.15, -0.1) is 0 Å². The van der Waals surface area contributed by atoms with Gasteiger partial charge in [-0.2, -0.15) is 0 Å². The van der Waals surface area contributed by atoms with Crippen molar-refractivity contribution in [2.45, 2.75) is 58.8 Å². The maximum absolute atomic E-state index is 12.3. The fraction of sp³-hybridized carbons (Fsp3) is 0.609. The Morgan fingerprint density at radius 3 is 2.41 bits per heavy atom. The number of hydrogen-bond donors (Lipinski definition) is 0. The van der Waals surface area contributed by atoms with E-state index in [9.17, 15) is 4.79 Å². The third kappa shape index (κ3) is 7.06. The molecule has 1 amide bonds. The third-order valence-corrected chi connectivity index (χ3v) is 6.92. The van der Waals surface area contributed by atoms with Gasteiger partial charge in [-0.3, -0.25) is 4.98 Å². The van der Waals surface area contributed by atoms with Crippen LogP contribution in [0.3, 0.4) is 0 Å². The molecule has 0 spiro atoms. The minimum atomic E-state index is -1.10. The van der Waals surface area contributed by atoms with Crippen LogP contribution in [0.15, 0.2) is 30.7 Å². The molecule has 0 radical (unpaired) electrons. The SMILES string of the molecule is CC(C)(C)OC(=O)N1CCN(c2ccc(-c3nccn3COCC[Si](C)(C)C)nc2)CC1. The molecule has 3 rings (SSSR count). The predicted octanol–water partition coefficient (Wildman–Crippen LogP) is 4.31. The van der Waals surface area contributed by atoms with E-state index in [-0.39, 0.29) is 6.09 Å². The summed E-state index contributed by atoms with van der Waals surface area (Å²) in [5, 5.41) is 0. The second-order valence-corrected chi connectivity index (χ2v) is 16.0. The molecule has 1 saturated heterocycles. The zero-order valence-corrected chi connectivity index (χ0v) is 21.3. The van der Waals surface area contributed by atoms with Crippen LogP contribution in [0.4, 0.5) is 10.5 Å². The van der Waals surface area contributed by atoms with Gasteiger partial charge in [0.1, 0.15) is 18.0 Å². The highest BCUT2D eigenvalue weighted by molar-refractivity contribution is 6.76. The van der Waals surface area contributed by atoms with E-state index in [4.69, 9.17) is 9.47 Å². The van der Waals surface area contributed by atoms with Crippen molar-refractivity contribution in [3.8, 4) is 11.5 Å². The Kier molecular flexibility index (Phi) is 7.61. The molecule has 2 aromatic rings. The number of piperazine rings is 1. The molecule has 1 fully saturated rings. The van der Waals surface area contributed by atoms with Crippen LogP contribution in [0.5, 0.6) is 0 Å². The number of carbonyl (C=O) groups excluding carboxylic acids is 1. The quantitative estimate of drug-likeness (QED) is 0.454. The van der Waals surface area contributed by atoms with Gasteiger partial charge in [-0.25, -0.2) is 9.78 Å². The first kappa shape index (κ1) is 24.3. The molecule has 0 aromatic carbocycles. The minimum absolute atomic E-state index is 0.246. The van der Waals surface area contributed by atoms with Crippen molar-refractivity contribution in [1.82, 2.24) is 19.4 Å². The van der Waals surface area contributed by atoms with E-state index in [0.29, 0.717) is 19.8 Å². The topological polar surface area (TPSA) is 72.7 Å². The van der Waals surface area contributed by atoms with Crippen LogP contribution in [0.2, 0.25) is 25.7 Å². The van der Waals surface area contributed by atoms with Gasteiger partial charge in [-0.1, -0.05) is 19.6 Å². The van der Waals surface area contributed by atoms with Gasteiger partial charge in [0.15, 0.2) is 5.82 Å². The number of nitrogens with zero attached hydrogens (tertiary/aromatic N) is 5. The first-order valence-electron chi connectivity index (χ1n) is 11.3. The van der Waals surface area contributed by atoms with E-state index in [1.807, 2.05) is 43.8 Å². The summed E-state index contributed by atoms with van der Waals surface area (Å²) in [7, 11) is -1.10. The Balaban J connectivity index is 1.54. The molecule has 1 aliphatic heterocycles. The molecule has 176 valence electrons. The normalized spacial score (nSPS) is 15.2. The molecule has 0 bridgehead atoms. The summed E-state index contributed by atoms with van der Waals surface area (Å²) < 4.78 is 13.3. The number of imidazole rings is 1. The second kappa shape index (κ2) is 10.0. The largest absolute Gasteiger partial charge is 0.444 e. The molecular formula is C23H37N5O3Si.